The van der Waals surface area contributed by atoms with E-state index >= 15 is 0 Å². The Bertz CT molecular complexity index is 675. The lowest BCUT2D eigenvalue weighted by Crippen LogP contribution is -2.07. The molecule has 0 amide bonds. The summed E-state index contributed by atoms with van der Waals surface area (Å²) in [5.74, 6) is 0.397. The molecular weight excluding hydrogens is 335 g/mol. The van der Waals surface area contributed by atoms with Gasteiger partial charge >= 0.3 is 0 Å². The van der Waals surface area contributed by atoms with Crippen LogP contribution in [0.25, 0.3) is 0 Å². The zero-order valence-corrected chi connectivity index (χ0v) is 13.6. The van der Waals surface area contributed by atoms with Crippen LogP contribution in [0.3, 0.4) is 0 Å². The molecule has 0 fully saturated rings. The summed E-state index contributed by atoms with van der Waals surface area (Å²) in [6.45, 7) is 1.92. The van der Waals surface area contributed by atoms with Crippen molar-refractivity contribution in [3.63, 3.8) is 0 Å². The van der Waals surface area contributed by atoms with Gasteiger partial charge in [0.2, 0.25) is 0 Å². The van der Waals surface area contributed by atoms with Crippen LogP contribution in [-0.4, -0.2) is 12.0 Å². The van der Waals surface area contributed by atoms with Crippen molar-refractivity contribution >= 4 is 45.9 Å². The highest BCUT2D eigenvalue weighted by molar-refractivity contribution is 7.20. The first kappa shape index (κ1) is 15.9. The van der Waals surface area contributed by atoms with Crippen LogP contribution in [0.1, 0.15) is 18.5 Å². The number of rotatable bonds is 5. The Morgan fingerprint density at radius 1 is 1.38 bits per heavy atom. The van der Waals surface area contributed by atoms with E-state index < -0.39 is 4.92 Å². The Hall–Kier alpha value is -1.50. The molecule has 1 heterocycles. The normalized spacial score (nSPS) is 12.0. The SMILES string of the molecule is COc1cc([N+](=O)[O-])ccc1NC(C)c1cc(Cl)sc1Cl. The van der Waals surface area contributed by atoms with Gasteiger partial charge in [-0.05, 0) is 19.1 Å². The lowest BCUT2D eigenvalue weighted by molar-refractivity contribution is -0.384. The topological polar surface area (TPSA) is 64.4 Å². The van der Waals surface area contributed by atoms with Crippen molar-refractivity contribution in [3.05, 3.63) is 48.6 Å². The molecule has 0 aliphatic rings. The molecule has 0 bridgehead atoms. The predicted octanol–water partition coefficient (Wildman–Crippen LogP) is 5.14. The third-order valence-electron chi connectivity index (χ3n) is 2.92. The van der Waals surface area contributed by atoms with Crippen LogP contribution in [0.15, 0.2) is 24.3 Å². The Morgan fingerprint density at radius 3 is 2.62 bits per heavy atom. The van der Waals surface area contributed by atoms with Gasteiger partial charge < -0.3 is 10.1 Å². The van der Waals surface area contributed by atoms with Crippen LogP contribution in [0.4, 0.5) is 11.4 Å². The Kier molecular flexibility index (Phi) is 4.92. The van der Waals surface area contributed by atoms with Crippen LogP contribution >= 0.6 is 34.5 Å². The number of nitrogens with one attached hydrogen (secondary N) is 1. The fourth-order valence-electron chi connectivity index (χ4n) is 1.87. The van der Waals surface area contributed by atoms with Gasteiger partial charge in [0.05, 0.1) is 38.5 Å². The van der Waals surface area contributed by atoms with Gasteiger partial charge in [-0.15, -0.1) is 11.3 Å². The van der Waals surface area contributed by atoms with E-state index in [1.54, 1.807) is 12.1 Å². The lowest BCUT2D eigenvalue weighted by Gasteiger charge is -2.17. The first-order valence-corrected chi connectivity index (χ1v) is 7.53. The summed E-state index contributed by atoms with van der Waals surface area (Å²) in [6, 6.07) is 6.08. The summed E-state index contributed by atoms with van der Waals surface area (Å²) in [6.07, 6.45) is 0. The first-order chi connectivity index (χ1) is 9.92. The van der Waals surface area contributed by atoms with Gasteiger partial charge in [-0.2, -0.15) is 0 Å². The summed E-state index contributed by atoms with van der Waals surface area (Å²) >= 11 is 13.3. The molecule has 0 aliphatic carbocycles. The number of nitrogens with zero attached hydrogens (tertiary/aromatic N) is 1. The van der Waals surface area contributed by atoms with E-state index in [9.17, 15) is 10.1 Å². The molecule has 1 N–H and O–H groups in total. The van der Waals surface area contributed by atoms with Crippen LogP contribution < -0.4 is 10.1 Å². The lowest BCUT2D eigenvalue weighted by atomic mass is 10.1. The maximum Gasteiger partial charge on any atom is 0.273 e. The molecule has 1 aromatic heterocycles. The van der Waals surface area contributed by atoms with E-state index in [0.717, 1.165) is 5.56 Å². The smallest absolute Gasteiger partial charge is 0.273 e. The van der Waals surface area contributed by atoms with E-state index in [4.69, 9.17) is 27.9 Å². The molecule has 0 saturated heterocycles. The highest BCUT2D eigenvalue weighted by Crippen LogP contribution is 2.38. The molecular formula is C13H12Cl2N2O3S. The highest BCUT2D eigenvalue weighted by Gasteiger charge is 2.17. The molecule has 0 saturated carbocycles. The van der Waals surface area contributed by atoms with Crippen molar-refractivity contribution in [2.45, 2.75) is 13.0 Å². The molecule has 1 unspecified atom stereocenters. The van der Waals surface area contributed by atoms with Crippen molar-refractivity contribution in [1.29, 1.82) is 0 Å². The number of methoxy groups -OCH3 is 1. The second-order valence-corrected chi connectivity index (χ2v) is 6.57. The van der Waals surface area contributed by atoms with Gasteiger partial charge in [-0.1, -0.05) is 23.2 Å². The fourth-order valence-corrected chi connectivity index (χ4v) is 3.52. The van der Waals surface area contributed by atoms with Gasteiger partial charge in [-0.3, -0.25) is 10.1 Å². The zero-order chi connectivity index (χ0) is 15.6. The van der Waals surface area contributed by atoms with Crippen LogP contribution in [0, 0.1) is 10.1 Å². The van der Waals surface area contributed by atoms with Gasteiger partial charge in [0.1, 0.15) is 5.75 Å². The Balaban J connectivity index is 2.26. The number of halogens is 2. The minimum absolute atomic E-state index is 0.0262. The number of benzene rings is 1. The second-order valence-electron chi connectivity index (χ2n) is 4.29. The van der Waals surface area contributed by atoms with E-state index in [1.807, 2.05) is 6.92 Å². The fraction of sp³-hybridized carbons (Fsp3) is 0.231. The maximum absolute atomic E-state index is 10.8. The second kappa shape index (κ2) is 6.51. The van der Waals surface area contributed by atoms with E-state index in [2.05, 4.69) is 5.32 Å². The summed E-state index contributed by atoms with van der Waals surface area (Å²) < 4.78 is 6.41. The van der Waals surface area contributed by atoms with Gasteiger partial charge in [0.15, 0.2) is 0 Å². The first-order valence-electron chi connectivity index (χ1n) is 5.96. The number of nitro groups is 1. The average Bonchev–Trinajstić information content (AvgIpc) is 2.78. The molecule has 0 radical (unpaired) electrons. The van der Waals surface area contributed by atoms with Gasteiger partial charge in [-0.25, -0.2) is 0 Å². The number of hydrogen-bond donors (Lipinski definition) is 1. The number of ether oxygens (including phenoxy) is 1. The molecule has 2 rings (SSSR count). The average molecular weight is 347 g/mol. The van der Waals surface area contributed by atoms with E-state index in [0.29, 0.717) is 20.1 Å². The number of thiophene rings is 1. The molecule has 1 atom stereocenters. The maximum atomic E-state index is 10.8. The van der Waals surface area contributed by atoms with Gasteiger partial charge in [0.25, 0.3) is 5.69 Å². The molecule has 0 spiro atoms. The number of hydrogen-bond acceptors (Lipinski definition) is 5. The summed E-state index contributed by atoms with van der Waals surface area (Å²) in [4.78, 5) is 10.3. The minimum Gasteiger partial charge on any atom is -0.494 e. The van der Waals surface area contributed by atoms with Crippen LogP contribution in [-0.2, 0) is 0 Å². The third kappa shape index (κ3) is 3.58. The predicted molar refractivity (Wildman–Crippen MR) is 86.0 cm³/mol. The van der Waals surface area contributed by atoms with E-state index in [1.165, 1.54) is 30.6 Å². The monoisotopic (exact) mass is 346 g/mol. The largest absolute Gasteiger partial charge is 0.494 e. The zero-order valence-electron chi connectivity index (χ0n) is 11.2. The standard InChI is InChI=1S/C13H12Cl2N2O3S/c1-7(9-6-12(14)21-13(9)15)16-10-4-3-8(17(18)19)5-11(10)20-2/h3-7,16H,1-2H3. The Morgan fingerprint density at radius 2 is 2.10 bits per heavy atom. The van der Waals surface area contributed by atoms with Gasteiger partial charge in [0, 0.05) is 11.6 Å². The third-order valence-corrected chi connectivity index (χ3v) is 4.44. The molecule has 21 heavy (non-hydrogen) atoms. The molecule has 1 aromatic carbocycles. The quantitative estimate of drug-likeness (QED) is 0.600. The number of anilines is 1. The molecule has 8 heteroatoms. The van der Waals surface area contributed by atoms with Crippen LogP contribution in [0.2, 0.25) is 8.67 Å². The number of nitro benzene ring substituents is 1. The minimum atomic E-state index is -0.467. The highest BCUT2D eigenvalue weighted by atomic mass is 35.5. The van der Waals surface area contributed by atoms with Crippen molar-refractivity contribution in [3.8, 4) is 5.75 Å². The van der Waals surface area contributed by atoms with E-state index in [-0.39, 0.29) is 11.7 Å². The molecule has 112 valence electrons. The molecule has 5 nitrogen and oxygen atoms in total. The molecule has 2 aromatic rings. The summed E-state index contributed by atoms with van der Waals surface area (Å²) in [7, 11) is 1.46. The summed E-state index contributed by atoms with van der Waals surface area (Å²) in [5.41, 5.74) is 1.49. The van der Waals surface area contributed by atoms with Crippen LogP contribution in [0.5, 0.6) is 5.75 Å². The Labute approximate surface area is 135 Å². The summed E-state index contributed by atoms with van der Waals surface area (Å²) in [5, 5.41) is 14.0. The number of non-ortho nitro benzene ring substituents is 1. The van der Waals surface area contributed by atoms with Crippen molar-refractivity contribution in [2.24, 2.45) is 0 Å². The van der Waals surface area contributed by atoms with Crippen molar-refractivity contribution < 1.29 is 9.66 Å². The van der Waals surface area contributed by atoms with Crippen molar-refractivity contribution in [2.75, 3.05) is 12.4 Å². The molecule has 0 aliphatic heterocycles. The van der Waals surface area contributed by atoms with Crippen molar-refractivity contribution in [1.82, 2.24) is 0 Å².